The number of nitrogens with two attached hydrogens (primary N) is 1. The van der Waals surface area contributed by atoms with E-state index in [1.807, 2.05) is 31.2 Å². The molecule has 90 valence electrons. The number of anilines is 1. The van der Waals surface area contributed by atoms with Gasteiger partial charge in [-0.15, -0.1) is 11.3 Å². The monoisotopic (exact) mass is 318 g/mol. The number of para-hydroxylation sites is 1. The van der Waals surface area contributed by atoms with Crippen LogP contribution >= 0.6 is 27.3 Å². The maximum atomic E-state index is 5.94. The smallest absolute Gasteiger partial charge is 0.124 e. The number of hydrogen-bond acceptors (Lipinski definition) is 3. The molecule has 0 aliphatic rings. The van der Waals surface area contributed by atoms with Gasteiger partial charge in [-0.2, -0.15) is 0 Å². The first-order chi connectivity index (χ1) is 8.65. The number of hydrogen-bond donors (Lipinski definition) is 1. The Morgan fingerprint density at radius 2 is 2.00 bits per heavy atom. The van der Waals surface area contributed by atoms with Crippen LogP contribution in [0, 0.1) is 6.92 Å². The lowest BCUT2D eigenvalue weighted by Gasteiger charge is -2.05. The van der Waals surface area contributed by atoms with Crippen LogP contribution in [-0.4, -0.2) is 4.98 Å². The lowest BCUT2D eigenvalue weighted by molar-refractivity contribution is 1.42. The first-order valence-corrected chi connectivity index (χ1v) is 7.17. The molecule has 0 bridgehead atoms. The molecule has 0 fully saturated rings. The van der Waals surface area contributed by atoms with Gasteiger partial charge in [-0.1, -0.05) is 12.1 Å². The van der Waals surface area contributed by atoms with Crippen molar-refractivity contribution in [2.75, 3.05) is 5.73 Å². The highest BCUT2D eigenvalue weighted by molar-refractivity contribution is 9.10. The van der Waals surface area contributed by atoms with Crippen molar-refractivity contribution < 1.29 is 0 Å². The van der Waals surface area contributed by atoms with E-state index in [0.717, 1.165) is 31.8 Å². The summed E-state index contributed by atoms with van der Waals surface area (Å²) < 4.78 is 2.13. The van der Waals surface area contributed by atoms with Gasteiger partial charge in [0.05, 0.1) is 10.2 Å². The van der Waals surface area contributed by atoms with Crippen molar-refractivity contribution in [2.24, 2.45) is 0 Å². The molecule has 1 heterocycles. The van der Waals surface area contributed by atoms with E-state index in [0.29, 0.717) is 0 Å². The zero-order valence-corrected chi connectivity index (χ0v) is 12.2. The third-order valence-electron chi connectivity index (χ3n) is 2.88. The molecule has 0 radical (unpaired) electrons. The summed E-state index contributed by atoms with van der Waals surface area (Å²) >= 11 is 5.19. The van der Waals surface area contributed by atoms with Gasteiger partial charge in [0.15, 0.2) is 0 Å². The molecule has 0 spiro atoms. The topological polar surface area (TPSA) is 38.9 Å². The number of halogens is 1. The van der Waals surface area contributed by atoms with Crippen molar-refractivity contribution in [3.05, 3.63) is 46.4 Å². The maximum Gasteiger partial charge on any atom is 0.124 e. The van der Waals surface area contributed by atoms with Crippen LogP contribution < -0.4 is 5.73 Å². The number of thiazole rings is 1. The Morgan fingerprint density at radius 1 is 1.22 bits per heavy atom. The zero-order valence-electron chi connectivity index (χ0n) is 9.77. The van der Waals surface area contributed by atoms with E-state index in [2.05, 4.69) is 33.0 Å². The summed E-state index contributed by atoms with van der Waals surface area (Å²) in [6.07, 6.45) is 0. The second-order valence-electron chi connectivity index (χ2n) is 4.18. The molecule has 18 heavy (non-hydrogen) atoms. The number of aromatic nitrogens is 1. The van der Waals surface area contributed by atoms with Crippen LogP contribution in [0.4, 0.5) is 5.69 Å². The summed E-state index contributed by atoms with van der Waals surface area (Å²) in [6.45, 7) is 2.01. The average Bonchev–Trinajstić information content (AvgIpc) is 2.79. The van der Waals surface area contributed by atoms with Crippen molar-refractivity contribution in [3.8, 4) is 10.6 Å². The van der Waals surface area contributed by atoms with Crippen LogP contribution in [0.2, 0.25) is 0 Å². The molecule has 3 rings (SSSR count). The van der Waals surface area contributed by atoms with Gasteiger partial charge in [-0.3, -0.25) is 0 Å². The molecule has 3 aromatic rings. The molecule has 0 atom stereocenters. The Balaban J connectivity index is 2.20. The highest BCUT2D eigenvalue weighted by atomic mass is 79.9. The van der Waals surface area contributed by atoms with Gasteiger partial charge < -0.3 is 5.73 Å². The van der Waals surface area contributed by atoms with E-state index in [1.54, 1.807) is 11.3 Å². The second-order valence-corrected chi connectivity index (χ2v) is 6.06. The van der Waals surface area contributed by atoms with Crippen LogP contribution in [0.1, 0.15) is 5.56 Å². The van der Waals surface area contributed by atoms with Crippen LogP contribution in [0.5, 0.6) is 0 Å². The Morgan fingerprint density at radius 3 is 2.72 bits per heavy atom. The number of rotatable bonds is 1. The molecular weight excluding hydrogens is 308 g/mol. The van der Waals surface area contributed by atoms with Gasteiger partial charge in [0.1, 0.15) is 5.01 Å². The number of nitrogens with zero attached hydrogens (tertiary/aromatic N) is 1. The van der Waals surface area contributed by atoms with Crippen molar-refractivity contribution in [1.82, 2.24) is 4.98 Å². The summed E-state index contributed by atoms with van der Waals surface area (Å²) in [4.78, 5) is 4.65. The Bertz CT molecular complexity index is 677. The van der Waals surface area contributed by atoms with Gasteiger partial charge in [0, 0.05) is 15.7 Å². The van der Waals surface area contributed by atoms with Crippen molar-refractivity contribution in [2.45, 2.75) is 6.92 Å². The molecule has 0 unspecified atom stereocenters. The molecule has 0 amide bonds. The predicted octanol–water partition coefficient (Wildman–Crippen LogP) is 4.62. The molecule has 0 aliphatic heterocycles. The molecule has 2 aromatic carbocycles. The average molecular weight is 319 g/mol. The van der Waals surface area contributed by atoms with E-state index < -0.39 is 0 Å². The lowest BCUT2D eigenvalue weighted by Crippen LogP contribution is -1.91. The van der Waals surface area contributed by atoms with E-state index in [9.17, 15) is 0 Å². The summed E-state index contributed by atoms with van der Waals surface area (Å²) in [5.41, 5.74) is 9.95. The van der Waals surface area contributed by atoms with Gasteiger partial charge in [-0.05, 0) is 52.7 Å². The first kappa shape index (κ1) is 11.7. The van der Waals surface area contributed by atoms with Crippen LogP contribution in [-0.2, 0) is 0 Å². The van der Waals surface area contributed by atoms with Gasteiger partial charge >= 0.3 is 0 Å². The fourth-order valence-electron chi connectivity index (χ4n) is 1.87. The molecule has 0 saturated carbocycles. The number of nitrogen functional groups attached to an aromatic ring is 1. The van der Waals surface area contributed by atoms with E-state index in [1.165, 1.54) is 4.70 Å². The Labute approximate surface area is 118 Å². The minimum Gasteiger partial charge on any atom is -0.398 e. The molecule has 2 nitrogen and oxygen atoms in total. The summed E-state index contributed by atoms with van der Waals surface area (Å²) in [7, 11) is 0. The standard InChI is InChI=1S/C14H11BrN2S/c1-8-6-9(7-10(15)13(8)16)14-17-11-4-2-3-5-12(11)18-14/h2-7H,16H2,1H3. The van der Waals surface area contributed by atoms with E-state index >= 15 is 0 Å². The molecule has 0 saturated heterocycles. The first-order valence-electron chi connectivity index (χ1n) is 5.57. The van der Waals surface area contributed by atoms with E-state index in [4.69, 9.17) is 5.73 Å². The SMILES string of the molecule is Cc1cc(-c2nc3ccccc3s2)cc(Br)c1N. The minimum atomic E-state index is 0.792. The number of benzene rings is 2. The van der Waals surface area contributed by atoms with Crippen LogP contribution in [0.3, 0.4) is 0 Å². The predicted molar refractivity (Wildman–Crippen MR) is 81.9 cm³/mol. The van der Waals surface area contributed by atoms with Crippen molar-refractivity contribution in [3.63, 3.8) is 0 Å². The molecule has 2 N–H and O–H groups in total. The fraction of sp³-hybridized carbons (Fsp3) is 0.0714. The quantitative estimate of drug-likeness (QED) is 0.665. The fourth-order valence-corrected chi connectivity index (χ4v) is 3.39. The van der Waals surface area contributed by atoms with Crippen molar-refractivity contribution in [1.29, 1.82) is 0 Å². The normalized spacial score (nSPS) is 11.0. The molecule has 1 aromatic heterocycles. The maximum absolute atomic E-state index is 5.94. The third kappa shape index (κ3) is 1.91. The van der Waals surface area contributed by atoms with Crippen LogP contribution in [0.15, 0.2) is 40.9 Å². The van der Waals surface area contributed by atoms with Gasteiger partial charge in [0.2, 0.25) is 0 Å². The molecular formula is C14H11BrN2S. The van der Waals surface area contributed by atoms with E-state index in [-0.39, 0.29) is 0 Å². The number of fused-ring (bicyclic) bond motifs is 1. The third-order valence-corrected chi connectivity index (χ3v) is 4.62. The highest BCUT2D eigenvalue weighted by Crippen LogP contribution is 2.34. The van der Waals surface area contributed by atoms with Crippen LogP contribution in [0.25, 0.3) is 20.8 Å². The van der Waals surface area contributed by atoms with Crippen molar-refractivity contribution >= 4 is 43.2 Å². The molecule has 0 aliphatic carbocycles. The Hall–Kier alpha value is -1.39. The molecule has 4 heteroatoms. The summed E-state index contributed by atoms with van der Waals surface area (Å²) in [6, 6.07) is 12.3. The summed E-state index contributed by atoms with van der Waals surface area (Å²) in [5, 5.41) is 1.03. The lowest BCUT2D eigenvalue weighted by atomic mass is 10.1. The summed E-state index contributed by atoms with van der Waals surface area (Å²) in [5.74, 6) is 0. The highest BCUT2D eigenvalue weighted by Gasteiger charge is 2.09. The van der Waals surface area contributed by atoms with Gasteiger partial charge in [-0.25, -0.2) is 4.98 Å². The minimum absolute atomic E-state index is 0.792. The largest absolute Gasteiger partial charge is 0.398 e. The Kier molecular flexibility index (Phi) is 2.84. The number of aryl methyl sites for hydroxylation is 1. The zero-order chi connectivity index (χ0) is 12.7. The van der Waals surface area contributed by atoms with Gasteiger partial charge in [0.25, 0.3) is 0 Å². The second kappa shape index (κ2) is 4.37.